The Bertz CT molecular complexity index is 1480. The Morgan fingerprint density at radius 2 is 2.00 bits per heavy atom. The molecule has 37 heavy (non-hydrogen) atoms. The van der Waals surface area contributed by atoms with Crippen molar-refractivity contribution < 1.29 is 4.79 Å². The van der Waals surface area contributed by atoms with Gasteiger partial charge >= 0.3 is 6.03 Å². The Kier molecular flexibility index (Phi) is 7.05. The number of likely N-dealkylation sites (tertiary alicyclic amines) is 1. The van der Waals surface area contributed by atoms with Crippen LogP contribution in [0.5, 0.6) is 0 Å². The van der Waals surface area contributed by atoms with E-state index in [9.17, 15) is 9.59 Å². The van der Waals surface area contributed by atoms with Crippen LogP contribution in [-0.2, 0) is 6.54 Å². The van der Waals surface area contributed by atoms with Crippen LogP contribution in [0, 0.1) is 6.92 Å². The van der Waals surface area contributed by atoms with Gasteiger partial charge in [0.05, 0.1) is 16.7 Å². The van der Waals surface area contributed by atoms with Crippen molar-refractivity contribution in [2.24, 2.45) is 0 Å². The molecule has 3 aromatic heterocycles. The number of likely N-dealkylation sites (N-methyl/N-ethyl adjacent to an activating group) is 1. The molecule has 0 bridgehead atoms. The highest BCUT2D eigenvalue weighted by atomic mass is 16.2. The normalized spacial score (nSPS) is 15.8. The van der Waals surface area contributed by atoms with Gasteiger partial charge in [-0.3, -0.25) is 20.0 Å². The van der Waals surface area contributed by atoms with E-state index in [0.717, 1.165) is 53.1 Å². The first kappa shape index (κ1) is 24.7. The number of rotatable bonds is 7. The van der Waals surface area contributed by atoms with Crippen LogP contribution in [0.2, 0.25) is 0 Å². The van der Waals surface area contributed by atoms with E-state index in [0.29, 0.717) is 30.6 Å². The van der Waals surface area contributed by atoms with Crippen LogP contribution in [-0.4, -0.2) is 56.1 Å². The molecule has 4 heterocycles. The number of amides is 2. The Morgan fingerprint density at radius 3 is 2.73 bits per heavy atom. The van der Waals surface area contributed by atoms with E-state index >= 15 is 0 Å². The van der Waals surface area contributed by atoms with Gasteiger partial charge in [0.25, 0.3) is 5.56 Å². The number of aromatic nitrogens is 4. The molecule has 0 saturated carbocycles. The van der Waals surface area contributed by atoms with Gasteiger partial charge in [-0.25, -0.2) is 9.78 Å². The Morgan fingerprint density at radius 1 is 1.16 bits per heavy atom. The Balaban J connectivity index is 1.56. The average molecular weight is 500 g/mol. The van der Waals surface area contributed by atoms with Gasteiger partial charge in [0, 0.05) is 42.7 Å². The number of hydrogen-bond donors (Lipinski definition) is 3. The fourth-order valence-corrected chi connectivity index (χ4v) is 5.23. The zero-order valence-corrected chi connectivity index (χ0v) is 21.5. The highest BCUT2D eigenvalue weighted by molar-refractivity contribution is 5.98. The van der Waals surface area contributed by atoms with Crippen molar-refractivity contribution in [1.29, 1.82) is 0 Å². The van der Waals surface area contributed by atoms with Crippen LogP contribution in [0.15, 0.2) is 53.5 Å². The highest BCUT2D eigenvalue weighted by Crippen LogP contribution is 2.33. The second-order valence-corrected chi connectivity index (χ2v) is 9.46. The average Bonchev–Trinajstić information content (AvgIpc) is 3.52. The lowest BCUT2D eigenvalue weighted by molar-refractivity contribution is 0.241. The van der Waals surface area contributed by atoms with Crippen molar-refractivity contribution in [3.8, 4) is 22.4 Å². The number of pyridine rings is 2. The van der Waals surface area contributed by atoms with Crippen LogP contribution in [0.1, 0.15) is 32.4 Å². The summed E-state index contributed by atoms with van der Waals surface area (Å²) in [7, 11) is 0. The van der Waals surface area contributed by atoms with Crippen molar-refractivity contribution in [2.45, 2.75) is 46.2 Å². The molecule has 1 aliphatic rings. The lowest BCUT2D eigenvalue weighted by atomic mass is 9.99. The van der Waals surface area contributed by atoms with Crippen LogP contribution in [0.25, 0.3) is 33.4 Å². The summed E-state index contributed by atoms with van der Waals surface area (Å²) in [5.41, 5.74) is 5.68. The molecule has 0 aliphatic carbocycles. The third kappa shape index (κ3) is 5.13. The van der Waals surface area contributed by atoms with Gasteiger partial charge in [-0.15, -0.1) is 0 Å². The first-order chi connectivity index (χ1) is 18.0. The number of hydrogen-bond acceptors (Lipinski definition) is 5. The first-order valence-corrected chi connectivity index (χ1v) is 12.9. The minimum Gasteiger partial charge on any atom is -0.338 e. The predicted octanol–water partition coefficient (Wildman–Crippen LogP) is 4.39. The van der Waals surface area contributed by atoms with Gasteiger partial charge in [-0.05, 0) is 81.2 Å². The maximum atomic E-state index is 13.3. The minimum absolute atomic E-state index is 0.000592. The fraction of sp³-hybridized carbons (Fsp3) is 0.357. The third-order valence-electron chi connectivity index (χ3n) is 7.06. The van der Waals surface area contributed by atoms with Crippen molar-refractivity contribution in [1.82, 2.24) is 29.7 Å². The molecule has 9 heteroatoms. The van der Waals surface area contributed by atoms with E-state index < -0.39 is 0 Å². The number of aryl methyl sites for hydroxylation is 1. The van der Waals surface area contributed by atoms with E-state index in [1.54, 1.807) is 12.3 Å². The van der Waals surface area contributed by atoms with Crippen LogP contribution in [0.4, 0.5) is 10.7 Å². The van der Waals surface area contributed by atoms with Crippen molar-refractivity contribution in [3.63, 3.8) is 0 Å². The number of fused-ring (bicyclic) bond motifs is 1. The van der Waals surface area contributed by atoms with Gasteiger partial charge in [-0.2, -0.15) is 0 Å². The standard InChI is InChI=1S/C28H33N7O2/c1-4-29-28(37)33-27-31-24-15-20(14-22(26(24)32-27)23-10-6-7-11-30-23)19-13-18(3)35(25(36)16-19)17-21-9-8-12-34(21)5-2/h6-7,10-11,13-16,21H,4-5,8-9,12,17H2,1-3H3,(H3,29,31,32,33,37). The van der Waals surface area contributed by atoms with E-state index in [2.05, 4.69) is 43.5 Å². The summed E-state index contributed by atoms with van der Waals surface area (Å²) in [6.45, 7) is 9.37. The number of aromatic amines is 1. The summed E-state index contributed by atoms with van der Waals surface area (Å²) in [6.07, 6.45) is 4.04. The molecule has 1 aromatic carbocycles. The molecule has 2 amide bonds. The van der Waals surface area contributed by atoms with Crippen molar-refractivity contribution in [2.75, 3.05) is 25.0 Å². The second kappa shape index (κ2) is 10.6. The SMILES string of the molecule is CCNC(=O)Nc1nc2c(-c3ccccn3)cc(-c3cc(C)n(CC4CCCN4CC)c(=O)c3)cc2[nH]1. The van der Waals surface area contributed by atoms with Gasteiger partial charge in [-0.1, -0.05) is 13.0 Å². The first-order valence-electron chi connectivity index (χ1n) is 12.9. The van der Waals surface area contributed by atoms with E-state index in [1.807, 2.05) is 48.7 Å². The van der Waals surface area contributed by atoms with Crippen molar-refractivity contribution in [3.05, 3.63) is 64.7 Å². The molecule has 1 fully saturated rings. The maximum Gasteiger partial charge on any atom is 0.321 e. The molecule has 9 nitrogen and oxygen atoms in total. The topological polar surface area (TPSA) is 108 Å². The predicted molar refractivity (Wildman–Crippen MR) is 147 cm³/mol. The smallest absolute Gasteiger partial charge is 0.321 e. The maximum absolute atomic E-state index is 13.3. The zero-order chi connectivity index (χ0) is 25.9. The molecule has 4 aromatic rings. The molecule has 3 N–H and O–H groups in total. The summed E-state index contributed by atoms with van der Waals surface area (Å²) in [5, 5.41) is 5.45. The Hall–Kier alpha value is -3.98. The van der Waals surface area contributed by atoms with Gasteiger partial charge in [0.1, 0.15) is 0 Å². The molecular formula is C28H33N7O2. The summed E-state index contributed by atoms with van der Waals surface area (Å²) in [6, 6.07) is 13.5. The monoisotopic (exact) mass is 499 g/mol. The van der Waals surface area contributed by atoms with Crippen LogP contribution in [0.3, 0.4) is 0 Å². The highest BCUT2D eigenvalue weighted by Gasteiger charge is 2.24. The number of carbonyl (C=O) groups is 1. The third-order valence-corrected chi connectivity index (χ3v) is 7.06. The number of benzene rings is 1. The van der Waals surface area contributed by atoms with Gasteiger partial charge < -0.3 is 14.9 Å². The molecule has 0 spiro atoms. The van der Waals surface area contributed by atoms with Crippen molar-refractivity contribution >= 4 is 23.0 Å². The summed E-state index contributed by atoms with van der Waals surface area (Å²) >= 11 is 0. The summed E-state index contributed by atoms with van der Waals surface area (Å²) in [4.78, 5) is 40.2. The molecular weight excluding hydrogens is 466 g/mol. The number of imidazole rings is 1. The summed E-state index contributed by atoms with van der Waals surface area (Å²) in [5.74, 6) is 0.346. The summed E-state index contributed by atoms with van der Waals surface area (Å²) < 4.78 is 1.89. The molecule has 1 unspecified atom stereocenters. The molecule has 5 rings (SSSR count). The Labute approximate surface area is 215 Å². The lowest BCUT2D eigenvalue weighted by Crippen LogP contribution is -2.36. The molecule has 1 aliphatic heterocycles. The van der Waals surface area contributed by atoms with E-state index in [1.165, 1.54) is 6.42 Å². The number of carbonyl (C=O) groups excluding carboxylic acids is 1. The number of nitrogens with one attached hydrogen (secondary N) is 3. The van der Waals surface area contributed by atoms with E-state index in [-0.39, 0.29) is 11.6 Å². The molecule has 1 saturated heterocycles. The minimum atomic E-state index is -0.329. The molecule has 0 radical (unpaired) electrons. The number of anilines is 1. The second-order valence-electron chi connectivity index (χ2n) is 9.46. The number of H-pyrrole nitrogens is 1. The molecule has 1 atom stereocenters. The van der Waals surface area contributed by atoms with Gasteiger partial charge in [0.2, 0.25) is 5.95 Å². The lowest BCUT2D eigenvalue weighted by Gasteiger charge is -2.24. The quantitative estimate of drug-likeness (QED) is 0.350. The zero-order valence-electron chi connectivity index (χ0n) is 21.5. The number of urea groups is 1. The van der Waals surface area contributed by atoms with E-state index in [4.69, 9.17) is 0 Å². The molecule has 192 valence electrons. The van der Waals surface area contributed by atoms with Crippen LogP contribution < -0.4 is 16.2 Å². The van der Waals surface area contributed by atoms with Gasteiger partial charge in [0.15, 0.2) is 0 Å². The number of nitrogens with zero attached hydrogens (tertiary/aromatic N) is 4. The fourth-order valence-electron chi connectivity index (χ4n) is 5.23. The van der Waals surface area contributed by atoms with Crippen LogP contribution >= 0.6 is 0 Å². The largest absolute Gasteiger partial charge is 0.338 e.